The van der Waals surface area contributed by atoms with E-state index in [1.54, 1.807) is 0 Å². The van der Waals surface area contributed by atoms with Crippen LogP contribution in [0.15, 0.2) is 23.4 Å². The first-order valence-corrected chi connectivity index (χ1v) is 4.55. The van der Waals surface area contributed by atoms with Crippen LogP contribution < -0.4 is 10.6 Å². The van der Waals surface area contributed by atoms with Crippen LogP contribution >= 0.6 is 0 Å². The third-order valence-electron chi connectivity index (χ3n) is 2.10. The summed E-state index contributed by atoms with van der Waals surface area (Å²) in [6, 6.07) is 0. The van der Waals surface area contributed by atoms with Gasteiger partial charge in [0.1, 0.15) is 0 Å². The number of allylic oxidation sites excluding steroid dienone is 2. The van der Waals surface area contributed by atoms with Crippen LogP contribution in [0.5, 0.6) is 0 Å². The predicted octanol–water partition coefficient (Wildman–Crippen LogP) is 0.946. The third-order valence-corrected chi connectivity index (χ3v) is 2.10. The van der Waals surface area contributed by atoms with Gasteiger partial charge < -0.3 is 10.6 Å². The standard InChI is InChI=1S/C10H16N2O/c1-8(13)12-7-9-5-3-4-6-10(9)11-2/h3,5,11H,4,6-7H2,1-2H3,(H,12,13). The molecule has 1 aliphatic rings. The average molecular weight is 180 g/mol. The van der Waals surface area contributed by atoms with Gasteiger partial charge in [-0.3, -0.25) is 4.79 Å². The summed E-state index contributed by atoms with van der Waals surface area (Å²) in [7, 11) is 1.92. The lowest BCUT2D eigenvalue weighted by molar-refractivity contribution is -0.118. The molecule has 0 atom stereocenters. The molecule has 1 aliphatic carbocycles. The van der Waals surface area contributed by atoms with Crippen LogP contribution in [-0.2, 0) is 4.79 Å². The molecule has 0 saturated heterocycles. The molecule has 0 heterocycles. The zero-order valence-electron chi connectivity index (χ0n) is 8.18. The number of amides is 1. The summed E-state index contributed by atoms with van der Waals surface area (Å²) in [5.74, 6) is 0.0157. The molecule has 0 radical (unpaired) electrons. The van der Waals surface area contributed by atoms with Gasteiger partial charge in [-0.25, -0.2) is 0 Å². The molecule has 0 bridgehead atoms. The first kappa shape index (κ1) is 9.84. The van der Waals surface area contributed by atoms with Crippen LogP contribution in [0, 0.1) is 0 Å². The van der Waals surface area contributed by atoms with Crippen LogP contribution in [0.2, 0.25) is 0 Å². The zero-order chi connectivity index (χ0) is 9.68. The highest BCUT2D eigenvalue weighted by Crippen LogP contribution is 2.15. The quantitative estimate of drug-likeness (QED) is 0.679. The molecule has 0 aromatic carbocycles. The molecule has 0 aromatic heterocycles. The molecule has 2 N–H and O–H groups in total. The van der Waals surface area contributed by atoms with Crippen LogP contribution in [0.3, 0.4) is 0 Å². The summed E-state index contributed by atoms with van der Waals surface area (Å²) < 4.78 is 0. The summed E-state index contributed by atoms with van der Waals surface area (Å²) >= 11 is 0. The van der Waals surface area contributed by atoms with Crippen LogP contribution in [0.4, 0.5) is 0 Å². The average Bonchev–Trinajstić information content (AvgIpc) is 2.15. The molecule has 0 spiro atoms. The minimum Gasteiger partial charge on any atom is -0.391 e. The summed E-state index contributed by atoms with van der Waals surface area (Å²) in [5, 5.41) is 5.95. The van der Waals surface area contributed by atoms with E-state index in [0.29, 0.717) is 6.54 Å². The normalized spacial score (nSPS) is 15.8. The van der Waals surface area contributed by atoms with Crippen molar-refractivity contribution in [2.45, 2.75) is 19.8 Å². The fourth-order valence-electron chi connectivity index (χ4n) is 1.39. The van der Waals surface area contributed by atoms with Gasteiger partial charge in [0.2, 0.25) is 5.91 Å². The van der Waals surface area contributed by atoms with E-state index < -0.39 is 0 Å². The topological polar surface area (TPSA) is 41.1 Å². The van der Waals surface area contributed by atoms with Crippen LogP contribution in [-0.4, -0.2) is 19.5 Å². The zero-order valence-corrected chi connectivity index (χ0v) is 8.18. The highest BCUT2D eigenvalue weighted by Gasteiger charge is 2.06. The van der Waals surface area contributed by atoms with Crippen molar-refractivity contribution in [2.75, 3.05) is 13.6 Å². The molecule has 3 heteroatoms. The Hall–Kier alpha value is -1.25. The second-order valence-corrected chi connectivity index (χ2v) is 3.10. The fraction of sp³-hybridized carbons (Fsp3) is 0.500. The molecule has 0 aromatic rings. The van der Waals surface area contributed by atoms with Gasteiger partial charge in [0.25, 0.3) is 0 Å². The Kier molecular flexibility index (Phi) is 3.55. The highest BCUT2D eigenvalue weighted by atomic mass is 16.1. The molecular weight excluding hydrogens is 164 g/mol. The molecule has 72 valence electrons. The molecule has 1 rings (SSSR count). The molecule has 1 amide bonds. The van der Waals surface area contributed by atoms with Gasteiger partial charge >= 0.3 is 0 Å². The second kappa shape index (κ2) is 4.70. The van der Waals surface area contributed by atoms with Gasteiger partial charge in [0.05, 0.1) is 0 Å². The summed E-state index contributed by atoms with van der Waals surface area (Å²) in [6.45, 7) is 2.16. The molecule has 0 aliphatic heterocycles. The lowest BCUT2D eigenvalue weighted by Gasteiger charge is -2.15. The number of hydrogen-bond acceptors (Lipinski definition) is 2. The largest absolute Gasteiger partial charge is 0.391 e. The van der Waals surface area contributed by atoms with Crippen molar-refractivity contribution >= 4 is 5.91 Å². The second-order valence-electron chi connectivity index (χ2n) is 3.10. The van der Waals surface area contributed by atoms with E-state index in [1.807, 2.05) is 7.05 Å². The Morgan fingerprint density at radius 1 is 1.62 bits per heavy atom. The van der Waals surface area contributed by atoms with E-state index in [4.69, 9.17) is 0 Å². The maximum absolute atomic E-state index is 10.7. The molecule has 0 saturated carbocycles. The van der Waals surface area contributed by atoms with Gasteiger partial charge in [-0.1, -0.05) is 12.2 Å². The van der Waals surface area contributed by atoms with E-state index in [1.165, 1.54) is 18.2 Å². The first-order valence-electron chi connectivity index (χ1n) is 4.55. The van der Waals surface area contributed by atoms with Crippen molar-refractivity contribution in [3.63, 3.8) is 0 Å². The Morgan fingerprint density at radius 3 is 3.00 bits per heavy atom. The number of hydrogen-bond donors (Lipinski definition) is 2. The third kappa shape index (κ3) is 2.93. The van der Waals surface area contributed by atoms with Gasteiger partial charge in [-0.05, 0) is 18.4 Å². The minimum absolute atomic E-state index is 0.0157. The predicted molar refractivity (Wildman–Crippen MR) is 53.1 cm³/mol. The summed E-state index contributed by atoms with van der Waals surface area (Å²) in [6.07, 6.45) is 6.34. The van der Waals surface area contributed by atoms with E-state index in [2.05, 4.69) is 22.8 Å². The molecule has 0 fully saturated rings. The van der Waals surface area contributed by atoms with Crippen molar-refractivity contribution in [2.24, 2.45) is 0 Å². The fourth-order valence-corrected chi connectivity index (χ4v) is 1.39. The van der Waals surface area contributed by atoms with Crippen molar-refractivity contribution in [3.05, 3.63) is 23.4 Å². The SMILES string of the molecule is CNC1=C(CNC(C)=O)C=CCC1. The van der Waals surface area contributed by atoms with Gasteiger partial charge in [0, 0.05) is 26.2 Å². The van der Waals surface area contributed by atoms with Crippen molar-refractivity contribution in [1.29, 1.82) is 0 Å². The van der Waals surface area contributed by atoms with Gasteiger partial charge in [-0.15, -0.1) is 0 Å². The van der Waals surface area contributed by atoms with E-state index >= 15 is 0 Å². The molecule has 13 heavy (non-hydrogen) atoms. The smallest absolute Gasteiger partial charge is 0.217 e. The summed E-state index contributed by atoms with van der Waals surface area (Å²) in [5.41, 5.74) is 2.42. The monoisotopic (exact) mass is 180 g/mol. The Bertz CT molecular complexity index is 254. The van der Waals surface area contributed by atoms with Gasteiger partial charge in [0.15, 0.2) is 0 Å². The number of carbonyl (C=O) groups excluding carboxylic acids is 1. The van der Waals surface area contributed by atoms with Crippen molar-refractivity contribution < 1.29 is 4.79 Å². The van der Waals surface area contributed by atoms with Crippen molar-refractivity contribution in [1.82, 2.24) is 10.6 Å². The minimum atomic E-state index is 0.0157. The van der Waals surface area contributed by atoms with E-state index in [0.717, 1.165) is 12.8 Å². The highest BCUT2D eigenvalue weighted by molar-refractivity contribution is 5.73. The summed E-state index contributed by atoms with van der Waals surface area (Å²) in [4.78, 5) is 10.7. The van der Waals surface area contributed by atoms with E-state index in [9.17, 15) is 4.79 Å². The molecular formula is C10H16N2O. The number of nitrogens with one attached hydrogen (secondary N) is 2. The maximum atomic E-state index is 10.7. The lowest BCUT2D eigenvalue weighted by Crippen LogP contribution is -2.25. The Balaban J connectivity index is 2.58. The first-order chi connectivity index (χ1) is 6.24. The maximum Gasteiger partial charge on any atom is 0.217 e. The van der Waals surface area contributed by atoms with Crippen LogP contribution in [0.1, 0.15) is 19.8 Å². The molecule has 3 nitrogen and oxygen atoms in total. The number of carbonyl (C=O) groups is 1. The van der Waals surface area contributed by atoms with Crippen LogP contribution in [0.25, 0.3) is 0 Å². The Morgan fingerprint density at radius 2 is 2.38 bits per heavy atom. The number of rotatable bonds is 3. The molecule has 0 unspecified atom stereocenters. The van der Waals surface area contributed by atoms with Gasteiger partial charge in [-0.2, -0.15) is 0 Å². The Labute approximate surface area is 78.9 Å². The van der Waals surface area contributed by atoms with E-state index in [-0.39, 0.29) is 5.91 Å². The van der Waals surface area contributed by atoms with Crippen molar-refractivity contribution in [3.8, 4) is 0 Å². The lowest BCUT2D eigenvalue weighted by atomic mass is 10.0.